The van der Waals surface area contributed by atoms with Crippen LogP contribution in [0.25, 0.3) is 10.9 Å². The highest BCUT2D eigenvalue weighted by Crippen LogP contribution is 2.29. The van der Waals surface area contributed by atoms with Gasteiger partial charge in [-0.3, -0.25) is 4.68 Å². The zero-order valence-corrected chi connectivity index (χ0v) is 12.7. The lowest BCUT2D eigenvalue weighted by Crippen LogP contribution is -1.99. The van der Waals surface area contributed by atoms with Crippen LogP contribution in [0.2, 0.25) is 0 Å². The number of rotatable bonds is 3. The molecule has 0 aliphatic carbocycles. The summed E-state index contributed by atoms with van der Waals surface area (Å²) in [4.78, 5) is 4.43. The van der Waals surface area contributed by atoms with Crippen molar-refractivity contribution >= 4 is 38.3 Å². The number of hydrogen-bond acceptors (Lipinski definition) is 4. The molecular weight excluding hydrogens is 320 g/mol. The molecule has 0 saturated carbocycles. The number of aromatic nitrogens is 3. The topological polar surface area (TPSA) is 52.0 Å². The number of anilines is 2. The number of nitrogens with zero attached hydrogens (tertiary/aromatic N) is 3. The number of halogens is 1. The van der Waals surface area contributed by atoms with Crippen LogP contribution >= 0.6 is 15.9 Å². The smallest absolute Gasteiger partial charge is 0.156 e. The van der Waals surface area contributed by atoms with Crippen molar-refractivity contribution in [2.24, 2.45) is 7.05 Å². The van der Waals surface area contributed by atoms with E-state index in [4.69, 9.17) is 4.74 Å². The van der Waals surface area contributed by atoms with Gasteiger partial charge in [0, 0.05) is 28.8 Å². The standard InChI is InChI=1S/C14H13BrN4O/c1-19-13-11(7-17-19)12(15)8-16-14(13)18-9-3-5-10(20-2)6-4-9/h3-8H,1-2H3,(H,16,18). The number of pyridine rings is 1. The van der Waals surface area contributed by atoms with E-state index in [0.29, 0.717) is 0 Å². The molecule has 20 heavy (non-hydrogen) atoms. The van der Waals surface area contributed by atoms with Crippen molar-refractivity contribution in [1.29, 1.82) is 0 Å². The molecule has 0 spiro atoms. The number of nitrogens with one attached hydrogen (secondary N) is 1. The van der Waals surface area contributed by atoms with Gasteiger partial charge in [0.15, 0.2) is 5.82 Å². The molecule has 0 fully saturated rings. The van der Waals surface area contributed by atoms with Gasteiger partial charge >= 0.3 is 0 Å². The third-order valence-electron chi connectivity index (χ3n) is 3.08. The zero-order valence-electron chi connectivity index (χ0n) is 11.1. The van der Waals surface area contributed by atoms with Crippen molar-refractivity contribution < 1.29 is 4.74 Å². The van der Waals surface area contributed by atoms with Gasteiger partial charge in [-0.25, -0.2) is 4.98 Å². The fourth-order valence-electron chi connectivity index (χ4n) is 2.05. The number of methoxy groups -OCH3 is 1. The summed E-state index contributed by atoms with van der Waals surface area (Å²) >= 11 is 3.49. The fourth-order valence-corrected chi connectivity index (χ4v) is 2.44. The van der Waals surface area contributed by atoms with Crippen molar-refractivity contribution in [3.63, 3.8) is 0 Å². The van der Waals surface area contributed by atoms with Crippen LogP contribution in [0.5, 0.6) is 5.75 Å². The number of hydrogen-bond donors (Lipinski definition) is 1. The molecule has 0 atom stereocenters. The molecule has 0 radical (unpaired) electrons. The molecule has 102 valence electrons. The predicted molar refractivity (Wildman–Crippen MR) is 82.5 cm³/mol. The molecule has 1 N–H and O–H groups in total. The summed E-state index contributed by atoms with van der Waals surface area (Å²) in [5.41, 5.74) is 1.90. The first-order chi connectivity index (χ1) is 9.69. The second-order valence-corrected chi connectivity index (χ2v) is 5.19. The van der Waals surface area contributed by atoms with E-state index < -0.39 is 0 Å². The number of fused-ring (bicyclic) bond motifs is 1. The summed E-state index contributed by atoms with van der Waals surface area (Å²) in [6, 6.07) is 7.71. The zero-order chi connectivity index (χ0) is 14.1. The van der Waals surface area contributed by atoms with Gasteiger partial charge in [0.2, 0.25) is 0 Å². The van der Waals surface area contributed by atoms with Crippen LogP contribution in [0.3, 0.4) is 0 Å². The summed E-state index contributed by atoms with van der Waals surface area (Å²) in [5.74, 6) is 1.60. The highest BCUT2D eigenvalue weighted by Gasteiger charge is 2.10. The van der Waals surface area contributed by atoms with Crippen LogP contribution in [0.15, 0.2) is 41.1 Å². The van der Waals surface area contributed by atoms with Gasteiger partial charge in [-0.15, -0.1) is 0 Å². The molecule has 6 heteroatoms. The molecule has 2 heterocycles. The lowest BCUT2D eigenvalue weighted by Gasteiger charge is -2.09. The summed E-state index contributed by atoms with van der Waals surface area (Å²) in [6.07, 6.45) is 3.59. The van der Waals surface area contributed by atoms with Crippen LogP contribution in [0, 0.1) is 0 Å². The predicted octanol–water partition coefficient (Wildman–Crippen LogP) is 3.48. The highest BCUT2D eigenvalue weighted by atomic mass is 79.9. The van der Waals surface area contributed by atoms with Gasteiger partial charge < -0.3 is 10.1 Å². The maximum Gasteiger partial charge on any atom is 0.156 e. The molecule has 3 rings (SSSR count). The summed E-state index contributed by atoms with van der Waals surface area (Å²) in [7, 11) is 3.55. The first kappa shape index (κ1) is 12.9. The fraction of sp³-hybridized carbons (Fsp3) is 0.143. The molecule has 0 aliphatic heterocycles. The monoisotopic (exact) mass is 332 g/mol. The van der Waals surface area contributed by atoms with E-state index in [2.05, 4.69) is 31.3 Å². The Bertz CT molecular complexity index is 752. The van der Waals surface area contributed by atoms with E-state index >= 15 is 0 Å². The minimum absolute atomic E-state index is 0.772. The van der Waals surface area contributed by atoms with Crippen LogP contribution < -0.4 is 10.1 Å². The average Bonchev–Trinajstić information content (AvgIpc) is 2.86. The summed E-state index contributed by atoms with van der Waals surface area (Å²) in [5, 5.41) is 8.60. The third kappa shape index (κ3) is 2.22. The van der Waals surface area contributed by atoms with Gasteiger partial charge in [-0.05, 0) is 40.2 Å². The molecule has 1 aromatic carbocycles. The van der Waals surface area contributed by atoms with Gasteiger partial charge in [0.05, 0.1) is 13.3 Å². The second kappa shape index (κ2) is 5.13. The van der Waals surface area contributed by atoms with Crippen LogP contribution in [0.1, 0.15) is 0 Å². The van der Waals surface area contributed by atoms with E-state index in [1.807, 2.05) is 37.5 Å². The Morgan fingerprint density at radius 1 is 1.20 bits per heavy atom. The molecule has 0 aliphatic rings. The molecular formula is C14H13BrN4O. The van der Waals surface area contributed by atoms with E-state index in [-0.39, 0.29) is 0 Å². The van der Waals surface area contributed by atoms with Crippen molar-refractivity contribution in [2.45, 2.75) is 0 Å². The first-order valence-electron chi connectivity index (χ1n) is 6.06. The Labute approximate surface area is 124 Å². The van der Waals surface area contributed by atoms with Gasteiger partial charge in [-0.1, -0.05) is 0 Å². The Balaban J connectivity index is 2.01. The van der Waals surface area contributed by atoms with E-state index in [9.17, 15) is 0 Å². The number of ether oxygens (including phenoxy) is 1. The third-order valence-corrected chi connectivity index (χ3v) is 3.71. The minimum atomic E-state index is 0.772. The van der Waals surface area contributed by atoms with E-state index in [1.165, 1.54) is 0 Å². The molecule has 3 aromatic rings. The molecule has 0 bridgehead atoms. The molecule has 0 amide bonds. The minimum Gasteiger partial charge on any atom is -0.497 e. The Kier molecular flexibility index (Phi) is 3.31. The normalized spacial score (nSPS) is 10.8. The lowest BCUT2D eigenvalue weighted by atomic mass is 10.2. The van der Waals surface area contributed by atoms with Gasteiger partial charge in [0.25, 0.3) is 0 Å². The van der Waals surface area contributed by atoms with Gasteiger partial charge in [-0.2, -0.15) is 5.10 Å². The number of aryl methyl sites for hydroxylation is 1. The quantitative estimate of drug-likeness (QED) is 0.797. The van der Waals surface area contributed by atoms with Crippen LogP contribution in [-0.2, 0) is 7.05 Å². The molecule has 2 aromatic heterocycles. The first-order valence-corrected chi connectivity index (χ1v) is 6.85. The maximum atomic E-state index is 5.15. The van der Waals surface area contributed by atoms with Crippen LogP contribution in [-0.4, -0.2) is 21.9 Å². The van der Waals surface area contributed by atoms with Crippen molar-refractivity contribution in [3.05, 3.63) is 41.1 Å². The van der Waals surface area contributed by atoms with Gasteiger partial charge in [0.1, 0.15) is 11.3 Å². The van der Waals surface area contributed by atoms with Crippen LogP contribution in [0.4, 0.5) is 11.5 Å². The second-order valence-electron chi connectivity index (χ2n) is 4.34. The summed E-state index contributed by atoms with van der Waals surface area (Å²) < 4.78 is 7.88. The highest BCUT2D eigenvalue weighted by molar-refractivity contribution is 9.10. The van der Waals surface area contributed by atoms with Crippen molar-refractivity contribution in [3.8, 4) is 5.75 Å². The van der Waals surface area contributed by atoms with Crippen molar-refractivity contribution in [1.82, 2.24) is 14.8 Å². The SMILES string of the molecule is COc1ccc(Nc2ncc(Br)c3cnn(C)c23)cc1. The molecule has 0 saturated heterocycles. The van der Waals surface area contributed by atoms with Crippen molar-refractivity contribution in [2.75, 3.05) is 12.4 Å². The Hall–Kier alpha value is -2.08. The molecule has 0 unspecified atom stereocenters. The lowest BCUT2D eigenvalue weighted by molar-refractivity contribution is 0.415. The maximum absolute atomic E-state index is 5.15. The van der Waals surface area contributed by atoms with E-state index in [0.717, 1.165) is 32.6 Å². The molecule has 5 nitrogen and oxygen atoms in total. The Morgan fingerprint density at radius 3 is 2.65 bits per heavy atom. The number of benzene rings is 1. The van der Waals surface area contributed by atoms with E-state index in [1.54, 1.807) is 18.0 Å². The summed E-state index contributed by atoms with van der Waals surface area (Å²) in [6.45, 7) is 0. The Morgan fingerprint density at radius 2 is 1.95 bits per heavy atom. The average molecular weight is 333 g/mol. The largest absolute Gasteiger partial charge is 0.497 e.